The Balaban J connectivity index is 1.66. The molecule has 1 aromatic carbocycles. The van der Waals surface area contributed by atoms with Crippen LogP contribution in [0.3, 0.4) is 0 Å². The number of nitrogens with one attached hydrogen (secondary N) is 1. The van der Waals surface area contributed by atoms with Gasteiger partial charge in [-0.3, -0.25) is 0 Å². The van der Waals surface area contributed by atoms with Crippen molar-refractivity contribution in [3.05, 3.63) is 35.9 Å². The van der Waals surface area contributed by atoms with Crippen LogP contribution in [0.4, 0.5) is 0 Å². The van der Waals surface area contributed by atoms with E-state index in [0.717, 1.165) is 26.3 Å². The van der Waals surface area contributed by atoms with Crippen molar-refractivity contribution in [1.82, 2.24) is 5.32 Å². The van der Waals surface area contributed by atoms with Gasteiger partial charge in [-0.05, 0) is 5.56 Å². The molecule has 0 radical (unpaired) electrons. The zero-order chi connectivity index (χ0) is 10.3. The highest BCUT2D eigenvalue weighted by molar-refractivity contribution is 5.14. The second kappa shape index (κ2) is 5.85. The molecule has 0 spiro atoms. The summed E-state index contributed by atoms with van der Waals surface area (Å²) >= 11 is 0. The third kappa shape index (κ3) is 3.63. The van der Waals surface area contributed by atoms with Gasteiger partial charge in [0.25, 0.3) is 0 Å². The number of hydrogen-bond donors (Lipinski definition) is 1. The zero-order valence-corrected chi connectivity index (χ0v) is 8.82. The van der Waals surface area contributed by atoms with Gasteiger partial charge in [-0.2, -0.15) is 0 Å². The molecule has 0 amide bonds. The fraction of sp³-hybridized carbons (Fsp3) is 0.500. The van der Waals surface area contributed by atoms with Crippen LogP contribution in [0.25, 0.3) is 0 Å². The van der Waals surface area contributed by atoms with Crippen molar-refractivity contribution in [2.24, 2.45) is 0 Å². The molecular weight excluding hydrogens is 190 g/mol. The Labute approximate surface area is 90.4 Å². The summed E-state index contributed by atoms with van der Waals surface area (Å²) in [7, 11) is 0. The fourth-order valence-electron chi connectivity index (χ4n) is 1.63. The summed E-state index contributed by atoms with van der Waals surface area (Å²) in [5.74, 6) is 0. The highest BCUT2D eigenvalue weighted by Crippen LogP contribution is 2.01. The first-order valence-corrected chi connectivity index (χ1v) is 5.39. The van der Waals surface area contributed by atoms with Gasteiger partial charge in [-0.25, -0.2) is 0 Å². The monoisotopic (exact) mass is 207 g/mol. The Morgan fingerprint density at radius 3 is 2.80 bits per heavy atom. The Morgan fingerprint density at radius 1 is 1.20 bits per heavy atom. The average molecular weight is 207 g/mol. The smallest absolute Gasteiger partial charge is 0.0933 e. The number of benzene rings is 1. The van der Waals surface area contributed by atoms with Gasteiger partial charge in [-0.1, -0.05) is 30.3 Å². The maximum atomic E-state index is 5.53. The lowest BCUT2D eigenvalue weighted by Crippen LogP contribution is -2.37. The lowest BCUT2D eigenvalue weighted by Gasteiger charge is -2.23. The zero-order valence-electron chi connectivity index (χ0n) is 8.82. The van der Waals surface area contributed by atoms with Crippen LogP contribution >= 0.6 is 0 Å². The van der Waals surface area contributed by atoms with Gasteiger partial charge < -0.3 is 14.8 Å². The minimum atomic E-state index is 0.211. The van der Waals surface area contributed by atoms with Crippen LogP contribution in [0, 0.1) is 0 Å². The van der Waals surface area contributed by atoms with Crippen LogP contribution in [0.1, 0.15) is 5.56 Å². The standard InChI is InChI=1S/C12H17NO2/c1-2-4-11(5-3-1)8-13-9-12-10-14-6-7-15-12/h1-5,12-13H,6-10H2. The summed E-state index contributed by atoms with van der Waals surface area (Å²) in [6.07, 6.45) is 0.211. The van der Waals surface area contributed by atoms with E-state index in [-0.39, 0.29) is 6.10 Å². The van der Waals surface area contributed by atoms with E-state index in [4.69, 9.17) is 9.47 Å². The summed E-state index contributed by atoms with van der Waals surface area (Å²) in [4.78, 5) is 0. The Bertz CT molecular complexity index is 270. The van der Waals surface area contributed by atoms with Gasteiger partial charge in [0, 0.05) is 13.1 Å². The highest BCUT2D eigenvalue weighted by Gasteiger charge is 2.12. The molecule has 1 aliphatic heterocycles. The van der Waals surface area contributed by atoms with Crippen molar-refractivity contribution in [3.8, 4) is 0 Å². The van der Waals surface area contributed by atoms with Crippen molar-refractivity contribution < 1.29 is 9.47 Å². The molecule has 0 saturated carbocycles. The molecular formula is C12H17NO2. The van der Waals surface area contributed by atoms with E-state index in [1.54, 1.807) is 0 Å². The third-order valence-electron chi connectivity index (χ3n) is 2.43. The van der Waals surface area contributed by atoms with Crippen LogP contribution in [-0.4, -0.2) is 32.5 Å². The van der Waals surface area contributed by atoms with E-state index >= 15 is 0 Å². The van der Waals surface area contributed by atoms with Crippen molar-refractivity contribution >= 4 is 0 Å². The first-order valence-electron chi connectivity index (χ1n) is 5.39. The van der Waals surface area contributed by atoms with Crippen LogP contribution < -0.4 is 5.32 Å². The van der Waals surface area contributed by atoms with Crippen LogP contribution in [0.2, 0.25) is 0 Å². The van der Waals surface area contributed by atoms with Crippen molar-refractivity contribution in [3.63, 3.8) is 0 Å². The Kier molecular flexibility index (Phi) is 4.14. The van der Waals surface area contributed by atoms with E-state index in [9.17, 15) is 0 Å². The summed E-state index contributed by atoms with van der Waals surface area (Å²) < 4.78 is 10.8. The Morgan fingerprint density at radius 2 is 2.07 bits per heavy atom. The number of rotatable bonds is 4. The van der Waals surface area contributed by atoms with Gasteiger partial charge >= 0.3 is 0 Å². The lowest BCUT2D eigenvalue weighted by atomic mass is 10.2. The first kappa shape index (κ1) is 10.6. The molecule has 82 valence electrons. The normalized spacial score (nSPS) is 21.5. The topological polar surface area (TPSA) is 30.5 Å². The third-order valence-corrected chi connectivity index (χ3v) is 2.43. The lowest BCUT2D eigenvalue weighted by molar-refractivity contribution is -0.0864. The molecule has 3 nitrogen and oxygen atoms in total. The molecule has 3 heteroatoms. The Hall–Kier alpha value is -0.900. The summed E-state index contributed by atoms with van der Waals surface area (Å²) in [6.45, 7) is 3.91. The van der Waals surface area contributed by atoms with Crippen molar-refractivity contribution in [1.29, 1.82) is 0 Å². The minimum absolute atomic E-state index is 0.211. The predicted molar refractivity (Wildman–Crippen MR) is 58.7 cm³/mol. The van der Waals surface area contributed by atoms with Gasteiger partial charge in [-0.15, -0.1) is 0 Å². The van der Waals surface area contributed by atoms with Gasteiger partial charge in [0.05, 0.1) is 25.9 Å². The molecule has 2 rings (SSSR count). The maximum Gasteiger partial charge on any atom is 0.0933 e. The quantitative estimate of drug-likeness (QED) is 0.804. The maximum absolute atomic E-state index is 5.53. The van der Waals surface area contributed by atoms with E-state index in [1.165, 1.54) is 5.56 Å². The molecule has 0 aliphatic carbocycles. The van der Waals surface area contributed by atoms with E-state index in [1.807, 2.05) is 6.07 Å². The summed E-state index contributed by atoms with van der Waals surface area (Å²) in [5, 5.41) is 3.37. The summed E-state index contributed by atoms with van der Waals surface area (Å²) in [6, 6.07) is 10.4. The number of ether oxygens (including phenoxy) is 2. The largest absolute Gasteiger partial charge is 0.376 e. The molecule has 1 saturated heterocycles. The molecule has 0 aromatic heterocycles. The van der Waals surface area contributed by atoms with Crippen LogP contribution in [0.5, 0.6) is 0 Å². The second-order valence-electron chi connectivity index (χ2n) is 3.68. The highest BCUT2D eigenvalue weighted by atomic mass is 16.6. The van der Waals surface area contributed by atoms with Gasteiger partial charge in [0.15, 0.2) is 0 Å². The van der Waals surface area contributed by atoms with E-state index < -0.39 is 0 Å². The molecule has 1 aliphatic rings. The first-order chi connectivity index (χ1) is 7.45. The minimum Gasteiger partial charge on any atom is -0.376 e. The van der Waals surface area contributed by atoms with Crippen LogP contribution in [0.15, 0.2) is 30.3 Å². The van der Waals surface area contributed by atoms with Gasteiger partial charge in [0.1, 0.15) is 0 Å². The molecule has 1 heterocycles. The van der Waals surface area contributed by atoms with Crippen molar-refractivity contribution in [2.45, 2.75) is 12.6 Å². The van der Waals surface area contributed by atoms with Crippen molar-refractivity contribution in [2.75, 3.05) is 26.4 Å². The second-order valence-corrected chi connectivity index (χ2v) is 3.68. The SMILES string of the molecule is c1ccc(CNCC2COCCO2)cc1. The van der Waals surface area contributed by atoms with Gasteiger partial charge in [0.2, 0.25) is 0 Å². The van der Waals surface area contributed by atoms with Crippen LogP contribution in [-0.2, 0) is 16.0 Å². The average Bonchev–Trinajstić information content (AvgIpc) is 2.32. The predicted octanol–water partition coefficient (Wildman–Crippen LogP) is 1.19. The van der Waals surface area contributed by atoms with E-state index in [2.05, 4.69) is 29.6 Å². The molecule has 1 N–H and O–H groups in total. The van der Waals surface area contributed by atoms with E-state index in [0.29, 0.717) is 6.61 Å². The molecule has 15 heavy (non-hydrogen) atoms. The summed E-state index contributed by atoms with van der Waals surface area (Å²) in [5.41, 5.74) is 1.30. The molecule has 0 bridgehead atoms. The molecule has 1 fully saturated rings. The fourth-order valence-corrected chi connectivity index (χ4v) is 1.63. The molecule has 1 aromatic rings. The number of hydrogen-bond acceptors (Lipinski definition) is 3. The molecule has 1 atom stereocenters. The molecule has 1 unspecified atom stereocenters.